The molecule has 1 nitrogen and oxygen atoms in total. The Balaban J connectivity index is 1.03. The number of hydrogen-bond acceptors (Lipinski definition) is 2. The Hall–Kier alpha value is -7.78. The topological polar surface area (TPSA) is 3.24 Å². The quantitative estimate of drug-likeness (QED) is 0.145. The van der Waals surface area contributed by atoms with E-state index < -0.39 is 0 Å². The van der Waals surface area contributed by atoms with E-state index in [-0.39, 0.29) is 0 Å². The molecule has 0 fully saturated rings. The summed E-state index contributed by atoms with van der Waals surface area (Å²) in [5.41, 5.74) is 13.0. The maximum absolute atomic E-state index is 2.43. The zero-order valence-electron chi connectivity index (χ0n) is 33.9. The molecule has 0 atom stereocenters. The molecule has 12 aromatic rings. The minimum Gasteiger partial charge on any atom is -0.310 e. The predicted molar refractivity (Wildman–Crippen MR) is 268 cm³/mol. The van der Waals surface area contributed by atoms with Crippen LogP contribution >= 0.6 is 11.3 Å². The molecule has 62 heavy (non-hydrogen) atoms. The van der Waals surface area contributed by atoms with Crippen LogP contribution in [-0.4, -0.2) is 0 Å². The number of anilines is 3. The van der Waals surface area contributed by atoms with Crippen molar-refractivity contribution >= 4 is 80.9 Å². The first-order chi connectivity index (χ1) is 30.8. The number of fused-ring (bicyclic) bond motifs is 7. The minimum absolute atomic E-state index is 1.09. The molecule has 0 saturated heterocycles. The Labute approximate surface area is 365 Å². The molecule has 290 valence electrons. The third-order valence-corrected chi connectivity index (χ3v) is 13.7. The van der Waals surface area contributed by atoms with Gasteiger partial charge in [-0.25, -0.2) is 0 Å². The molecule has 0 aliphatic carbocycles. The molecule has 0 aliphatic rings. The van der Waals surface area contributed by atoms with Crippen molar-refractivity contribution in [1.82, 2.24) is 0 Å². The molecule has 0 unspecified atom stereocenters. The minimum atomic E-state index is 1.09. The van der Waals surface area contributed by atoms with E-state index in [1.807, 2.05) is 11.3 Å². The highest BCUT2D eigenvalue weighted by atomic mass is 32.1. The van der Waals surface area contributed by atoms with Gasteiger partial charge in [-0.2, -0.15) is 0 Å². The van der Waals surface area contributed by atoms with Crippen molar-refractivity contribution in [3.8, 4) is 44.5 Å². The lowest BCUT2D eigenvalue weighted by Crippen LogP contribution is -2.11. The van der Waals surface area contributed by atoms with E-state index in [2.05, 4.69) is 241 Å². The van der Waals surface area contributed by atoms with E-state index >= 15 is 0 Å². The van der Waals surface area contributed by atoms with Gasteiger partial charge in [0.25, 0.3) is 0 Å². The van der Waals surface area contributed by atoms with Gasteiger partial charge in [-0.05, 0) is 108 Å². The summed E-state index contributed by atoms with van der Waals surface area (Å²) in [4.78, 5) is 2.43. The van der Waals surface area contributed by atoms with E-state index in [1.54, 1.807) is 0 Å². The number of rotatable bonds is 7. The van der Waals surface area contributed by atoms with E-state index in [4.69, 9.17) is 0 Å². The van der Waals surface area contributed by atoms with E-state index in [0.29, 0.717) is 0 Å². The standard InChI is InChI=1S/C60H39NS/c1-2-14-40(15-3-1)49-23-10-17-44-18-11-26-55(59(44)49)53-20-6-8-28-57(53)61(46-37-32-43(33-38-46)50-24-13-27-56-54-21-7-9-29-58(54)62-60(50)56)45-35-30-42(31-36-45)48-22-12-25-51-47-19-5-4-16-41(47)34-39-52(48)51/h1-39H. The van der Waals surface area contributed by atoms with Crippen LogP contribution in [0.1, 0.15) is 0 Å². The van der Waals surface area contributed by atoms with Crippen LogP contribution in [0.4, 0.5) is 17.1 Å². The molecule has 11 aromatic carbocycles. The van der Waals surface area contributed by atoms with Crippen LogP contribution in [0.15, 0.2) is 237 Å². The first-order valence-corrected chi connectivity index (χ1v) is 22.1. The Morgan fingerprint density at radius 3 is 1.60 bits per heavy atom. The Morgan fingerprint density at radius 2 is 0.806 bits per heavy atom. The maximum atomic E-state index is 2.43. The molecule has 0 aliphatic heterocycles. The van der Waals surface area contributed by atoms with Crippen molar-refractivity contribution in [2.75, 3.05) is 4.90 Å². The normalized spacial score (nSPS) is 11.5. The summed E-state index contributed by atoms with van der Waals surface area (Å²) in [5, 5.41) is 10.2. The Bertz CT molecular complexity index is 3610. The fourth-order valence-electron chi connectivity index (χ4n) is 9.59. The predicted octanol–water partition coefficient (Wildman–Crippen LogP) is 17.7. The molecular formula is C60H39NS. The molecule has 0 amide bonds. The van der Waals surface area contributed by atoms with Crippen molar-refractivity contribution in [2.24, 2.45) is 0 Å². The summed E-state index contributed by atoms with van der Waals surface area (Å²) in [6, 6.07) is 86.7. The highest BCUT2D eigenvalue weighted by Crippen LogP contribution is 2.46. The highest BCUT2D eigenvalue weighted by molar-refractivity contribution is 7.26. The van der Waals surface area contributed by atoms with Crippen LogP contribution in [0.25, 0.3) is 97.0 Å². The average molecular weight is 806 g/mol. The Kier molecular flexibility index (Phi) is 8.76. The number of benzene rings is 11. The summed E-state index contributed by atoms with van der Waals surface area (Å²) in [7, 11) is 0. The van der Waals surface area contributed by atoms with E-state index in [0.717, 1.165) is 17.1 Å². The lowest BCUT2D eigenvalue weighted by atomic mass is 9.90. The summed E-state index contributed by atoms with van der Waals surface area (Å²) in [5.74, 6) is 0. The van der Waals surface area contributed by atoms with Gasteiger partial charge in [0.05, 0.1) is 5.69 Å². The number of para-hydroxylation sites is 1. The smallest absolute Gasteiger partial charge is 0.0540 e. The van der Waals surface area contributed by atoms with E-state index in [9.17, 15) is 0 Å². The van der Waals surface area contributed by atoms with Crippen LogP contribution in [-0.2, 0) is 0 Å². The van der Waals surface area contributed by atoms with Crippen LogP contribution in [0, 0.1) is 0 Å². The zero-order valence-corrected chi connectivity index (χ0v) is 34.7. The van der Waals surface area contributed by atoms with Crippen molar-refractivity contribution in [1.29, 1.82) is 0 Å². The third-order valence-electron chi connectivity index (χ3n) is 12.5. The van der Waals surface area contributed by atoms with Crippen molar-refractivity contribution in [2.45, 2.75) is 0 Å². The van der Waals surface area contributed by atoms with Crippen molar-refractivity contribution in [3.05, 3.63) is 237 Å². The largest absolute Gasteiger partial charge is 0.310 e. The molecule has 0 saturated carbocycles. The van der Waals surface area contributed by atoms with Crippen LogP contribution in [0.2, 0.25) is 0 Å². The van der Waals surface area contributed by atoms with Crippen molar-refractivity contribution < 1.29 is 0 Å². The zero-order chi connectivity index (χ0) is 41.0. The van der Waals surface area contributed by atoms with Crippen LogP contribution in [0.5, 0.6) is 0 Å². The second-order valence-corrected chi connectivity index (χ2v) is 17.0. The SMILES string of the molecule is c1ccc(-c2cccc3cccc(-c4ccccc4N(c4ccc(-c5cccc6c5ccc5ccccc56)cc4)c4ccc(-c5cccc6c5sc5ccccc56)cc4)c23)cc1. The van der Waals surface area contributed by atoms with Gasteiger partial charge < -0.3 is 4.90 Å². The first-order valence-electron chi connectivity index (χ1n) is 21.3. The summed E-state index contributed by atoms with van der Waals surface area (Å²) < 4.78 is 2.64. The molecule has 2 heteroatoms. The van der Waals surface area contributed by atoms with Crippen molar-refractivity contribution in [3.63, 3.8) is 0 Å². The second-order valence-electron chi connectivity index (χ2n) is 16.0. The number of nitrogens with zero attached hydrogens (tertiary/aromatic N) is 1. The highest BCUT2D eigenvalue weighted by Gasteiger charge is 2.21. The van der Waals surface area contributed by atoms with Gasteiger partial charge in [-0.3, -0.25) is 0 Å². The third kappa shape index (κ3) is 6.07. The molecule has 1 aromatic heterocycles. The first kappa shape index (κ1) is 36.1. The van der Waals surface area contributed by atoms with Gasteiger partial charge in [0.15, 0.2) is 0 Å². The molecular weight excluding hydrogens is 767 g/mol. The summed E-state index contributed by atoms with van der Waals surface area (Å²) >= 11 is 1.88. The van der Waals surface area contributed by atoms with Gasteiger partial charge in [-0.15, -0.1) is 11.3 Å². The van der Waals surface area contributed by atoms with Gasteiger partial charge in [-0.1, -0.05) is 200 Å². The average Bonchev–Trinajstić information content (AvgIpc) is 3.74. The van der Waals surface area contributed by atoms with Crippen LogP contribution < -0.4 is 4.90 Å². The molecule has 12 rings (SSSR count). The van der Waals surface area contributed by atoms with Gasteiger partial charge in [0.2, 0.25) is 0 Å². The molecule has 0 bridgehead atoms. The second kappa shape index (κ2) is 15.0. The van der Waals surface area contributed by atoms with Gasteiger partial charge >= 0.3 is 0 Å². The maximum Gasteiger partial charge on any atom is 0.0540 e. The van der Waals surface area contributed by atoms with E-state index in [1.165, 1.54) is 97.0 Å². The lowest BCUT2D eigenvalue weighted by molar-refractivity contribution is 1.28. The fraction of sp³-hybridized carbons (Fsp3) is 0. The molecule has 1 heterocycles. The van der Waals surface area contributed by atoms with Gasteiger partial charge in [0.1, 0.15) is 0 Å². The Morgan fingerprint density at radius 1 is 0.274 bits per heavy atom. The summed E-state index contributed by atoms with van der Waals surface area (Å²) in [6.45, 7) is 0. The number of thiophene rings is 1. The lowest BCUT2D eigenvalue weighted by Gasteiger charge is -2.29. The molecule has 0 N–H and O–H groups in total. The molecule has 0 spiro atoms. The number of hydrogen-bond donors (Lipinski definition) is 0. The summed E-state index contributed by atoms with van der Waals surface area (Å²) in [6.07, 6.45) is 0. The fourth-order valence-corrected chi connectivity index (χ4v) is 10.8. The van der Waals surface area contributed by atoms with Gasteiger partial charge in [0, 0.05) is 37.1 Å². The molecule has 0 radical (unpaired) electrons. The van der Waals surface area contributed by atoms with Crippen LogP contribution in [0.3, 0.4) is 0 Å². The monoisotopic (exact) mass is 805 g/mol.